The molecule has 1 saturated heterocycles. The zero-order valence-electron chi connectivity index (χ0n) is 9.15. The highest BCUT2D eigenvalue weighted by Gasteiger charge is 2.22. The molecule has 0 aromatic heterocycles. The first-order valence-corrected chi connectivity index (χ1v) is 5.55. The predicted octanol–water partition coefficient (Wildman–Crippen LogP) is 2.24. The quantitative estimate of drug-likeness (QED) is 0.734. The van der Waals surface area contributed by atoms with Crippen molar-refractivity contribution < 1.29 is 4.79 Å². The van der Waals surface area contributed by atoms with Gasteiger partial charge in [-0.1, -0.05) is 30.3 Å². The van der Waals surface area contributed by atoms with Crippen LogP contribution in [0.25, 0.3) is 0 Å². The fourth-order valence-electron chi connectivity index (χ4n) is 2.04. The number of carbonyl (C=O) groups is 1. The lowest BCUT2D eigenvalue weighted by atomic mass is 10.0. The van der Waals surface area contributed by atoms with Crippen molar-refractivity contribution in [2.75, 3.05) is 6.54 Å². The van der Waals surface area contributed by atoms with Crippen molar-refractivity contribution >= 4 is 5.78 Å². The number of hydrogen-bond donors (Lipinski definition) is 0. The number of ketones is 1. The summed E-state index contributed by atoms with van der Waals surface area (Å²) in [5, 5.41) is 0. The molecule has 2 heteroatoms. The van der Waals surface area contributed by atoms with Gasteiger partial charge in [-0.15, -0.1) is 0 Å². The molecular weight excluding hydrogens is 186 g/mol. The highest BCUT2D eigenvalue weighted by molar-refractivity contribution is 5.81. The van der Waals surface area contributed by atoms with Gasteiger partial charge < -0.3 is 0 Å². The Morgan fingerprint density at radius 3 is 2.80 bits per heavy atom. The van der Waals surface area contributed by atoms with Gasteiger partial charge in [-0.25, -0.2) is 0 Å². The lowest BCUT2D eigenvalue weighted by molar-refractivity contribution is -0.123. The van der Waals surface area contributed by atoms with Crippen molar-refractivity contribution in [1.82, 2.24) is 4.90 Å². The topological polar surface area (TPSA) is 20.3 Å². The zero-order chi connectivity index (χ0) is 10.7. The summed E-state index contributed by atoms with van der Waals surface area (Å²) < 4.78 is 0. The average molecular weight is 203 g/mol. The first-order valence-electron chi connectivity index (χ1n) is 5.55. The monoisotopic (exact) mass is 203 g/mol. The Balaban J connectivity index is 2.01. The molecule has 0 amide bonds. The van der Waals surface area contributed by atoms with E-state index < -0.39 is 0 Å². The second kappa shape index (κ2) is 4.58. The van der Waals surface area contributed by atoms with Gasteiger partial charge in [0, 0.05) is 19.0 Å². The van der Waals surface area contributed by atoms with Crippen molar-refractivity contribution in [2.24, 2.45) is 0 Å². The Bertz CT molecular complexity index is 334. The van der Waals surface area contributed by atoms with E-state index in [2.05, 4.69) is 24.0 Å². The van der Waals surface area contributed by atoms with E-state index in [-0.39, 0.29) is 0 Å². The number of Topliss-reactive ketones (excluding diaryl/α,β-unsaturated/α-hetero) is 1. The van der Waals surface area contributed by atoms with Crippen LogP contribution in [0.4, 0.5) is 0 Å². The number of hydrogen-bond acceptors (Lipinski definition) is 2. The SMILES string of the molecule is C[C@@H]1CCC(=O)CN1Cc1ccccc1. The Kier molecular flexibility index (Phi) is 3.17. The minimum Gasteiger partial charge on any atom is -0.298 e. The van der Waals surface area contributed by atoms with Crippen LogP contribution in [0.5, 0.6) is 0 Å². The van der Waals surface area contributed by atoms with Gasteiger partial charge in [-0.3, -0.25) is 9.69 Å². The smallest absolute Gasteiger partial charge is 0.146 e. The van der Waals surface area contributed by atoms with Gasteiger partial charge in [0.05, 0.1) is 6.54 Å². The summed E-state index contributed by atoms with van der Waals surface area (Å²) in [5.41, 5.74) is 1.29. The van der Waals surface area contributed by atoms with E-state index in [9.17, 15) is 4.79 Å². The summed E-state index contributed by atoms with van der Waals surface area (Å²) in [6, 6.07) is 10.9. The third-order valence-electron chi connectivity index (χ3n) is 3.07. The second-order valence-corrected chi connectivity index (χ2v) is 4.32. The van der Waals surface area contributed by atoms with Gasteiger partial charge >= 0.3 is 0 Å². The molecule has 1 atom stereocenters. The predicted molar refractivity (Wildman–Crippen MR) is 60.6 cm³/mol. The number of rotatable bonds is 2. The van der Waals surface area contributed by atoms with Crippen LogP contribution in [0.1, 0.15) is 25.3 Å². The number of likely N-dealkylation sites (tertiary alicyclic amines) is 1. The third-order valence-corrected chi connectivity index (χ3v) is 3.07. The van der Waals surface area contributed by atoms with E-state index >= 15 is 0 Å². The molecule has 1 heterocycles. The molecule has 1 aromatic carbocycles. The summed E-state index contributed by atoms with van der Waals surface area (Å²) in [7, 11) is 0. The van der Waals surface area contributed by atoms with Crippen molar-refractivity contribution in [2.45, 2.75) is 32.4 Å². The normalized spacial score (nSPS) is 23.0. The summed E-state index contributed by atoms with van der Waals surface area (Å²) >= 11 is 0. The fraction of sp³-hybridized carbons (Fsp3) is 0.462. The lowest BCUT2D eigenvalue weighted by Crippen LogP contribution is -2.41. The third kappa shape index (κ3) is 2.66. The summed E-state index contributed by atoms with van der Waals surface area (Å²) in [6.45, 7) is 3.72. The largest absolute Gasteiger partial charge is 0.298 e. The number of piperidine rings is 1. The fourth-order valence-corrected chi connectivity index (χ4v) is 2.04. The van der Waals surface area contributed by atoms with Gasteiger partial charge in [-0.2, -0.15) is 0 Å². The van der Waals surface area contributed by atoms with Crippen molar-refractivity contribution in [3.05, 3.63) is 35.9 Å². The molecule has 0 N–H and O–H groups in total. The molecule has 1 aliphatic heterocycles. The van der Waals surface area contributed by atoms with E-state index in [4.69, 9.17) is 0 Å². The molecule has 0 aliphatic carbocycles. The van der Waals surface area contributed by atoms with Crippen LogP contribution in [-0.4, -0.2) is 23.3 Å². The standard InChI is InChI=1S/C13H17NO/c1-11-7-8-13(15)10-14(11)9-12-5-3-2-4-6-12/h2-6,11H,7-10H2,1H3/t11-/m1/s1. The molecule has 2 rings (SSSR count). The molecule has 1 fully saturated rings. The molecule has 15 heavy (non-hydrogen) atoms. The Morgan fingerprint density at radius 1 is 1.33 bits per heavy atom. The van der Waals surface area contributed by atoms with E-state index in [1.54, 1.807) is 0 Å². The average Bonchev–Trinajstić information content (AvgIpc) is 2.25. The minimum absolute atomic E-state index is 0.379. The van der Waals surface area contributed by atoms with E-state index in [0.29, 0.717) is 18.4 Å². The van der Waals surface area contributed by atoms with Crippen molar-refractivity contribution in [3.8, 4) is 0 Å². The van der Waals surface area contributed by atoms with Crippen LogP contribution in [0.15, 0.2) is 30.3 Å². The maximum Gasteiger partial charge on any atom is 0.146 e. The zero-order valence-corrected chi connectivity index (χ0v) is 9.15. The van der Waals surface area contributed by atoms with Crippen molar-refractivity contribution in [1.29, 1.82) is 0 Å². The number of benzene rings is 1. The lowest BCUT2D eigenvalue weighted by Gasteiger charge is -2.32. The molecule has 0 unspecified atom stereocenters. The highest BCUT2D eigenvalue weighted by atomic mass is 16.1. The molecule has 0 spiro atoms. The van der Waals surface area contributed by atoms with E-state index in [1.165, 1.54) is 5.56 Å². The Hall–Kier alpha value is -1.15. The molecule has 0 saturated carbocycles. The van der Waals surface area contributed by atoms with Crippen LogP contribution >= 0.6 is 0 Å². The molecule has 0 bridgehead atoms. The van der Waals surface area contributed by atoms with E-state index in [1.807, 2.05) is 18.2 Å². The number of nitrogens with zero attached hydrogens (tertiary/aromatic N) is 1. The summed E-state index contributed by atoms with van der Waals surface area (Å²) in [5.74, 6) is 0.379. The highest BCUT2D eigenvalue weighted by Crippen LogP contribution is 2.16. The first kappa shape index (κ1) is 10.4. The number of carbonyl (C=O) groups excluding carboxylic acids is 1. The van der Waals surface area contributed by atoms with Gasteiger partial charge in [0.15, 0.2) is 0 Å². The molecule has 1 aromatic rings. The molecule has 80 valence electrons. The maximum absolute atomic E-state index is 11.4. The van der Waals surface area contributed by atoms with Crippen molar-refractivity contribution in [3.63, 3.8) is 0 Å². The van der Waals surface area contributed by atoms with Gasteiger partial charge in [0.2, 0.25) is 0 Å². The van der Waals surface area contributed by atoms with Gasteiger partial charge in [0.1, 0.15) is 5.78 Å². The minimum atomic E-state index is 0.379. The second-order valence-electron chi connectivity index (χ2n) is 4.32. The van der Waals surface area contributed by atoms with Crippen LogP contribution in [0, 0.1) is 0 Å². The summed E-state index contributed by atoms with van der Waals surface area (Å²) in [6.07, 6.45) is 1.76. The van der Waals surface area contributed by atoms with Crippen LogP contribution in [0.2, 0.25) is 0 Å². The first-order chi connectivity index (χ1) is 7.25. The molecular formula is C13H17NO. The van der Waals surface area contributed by atoms with Crippen LogP contribution < -0.4 is 0 Å². The Labute approximate surface area is 90.9 Å². The Morgan fingerprint density at radius 2 is 2.07 bits per heavy atom. The van der Waals surface area contributed by atoms with Crippen LogP contribution in [-0.2, 0) is 11.3 Å². The van der Waals surface area contributed by atoms with Gasteiger partial charge in [-0.05, 0) is 18.9 Å². The van der Waals surface area contributed by atoms with E-state index in [0.717, 1.165) is 19.4 Å². The summed E-state index contributed by atoms with van der Waals surface area (Å²) in [4.78, 5) is 13.6. The molecule has 1 aliphatic rings. The van der Waals surface area contributed by atoms with Gasteiger partial charge in [0.25, 0.3) is 0 Å². The maximum atomic E-state index is 11.4. The molecule has 0 radical (unpaired) electrons. The molecule has 2 nitrogen and oxygen atoms in total. The van der Waals surface area contributed by atoms with Crippen LogP contribution in [0.3, 0.4) is 0 Å².